The molecule has 1 aromatic carbocycles. The van der Waals surface area contributed by atoms with Crippen LogP contribution in [-0.4, -0.2) is 13.2 Å². The molecule has 0 aliphatic carbocycles. The summed E-state index contributed by atoms with van der Waals surface area (Å²) >= 11 is 0. The molecule has 0 saturated heterocycles. The number of fused-ring (bicyclic) bond motifs is 1. The van der Waals surface area contributed by atoms with Crippen LogP contribution in [0.5, 0.6) is 11.5 Å². The van der Waals surface area contributed by atoms with Gasteiger partial charge in [0.05, 0.1) is 13.2 Å². The zero-order valence-electron chi connectivity index (χ0n) is 9.03. The van der Waals surface area contributed by atoms with E-state index in [0.29, 0.717) is 6.61 Å². The molecule has 0 spiro atoms. The Bertz CT molecular complexity index is 338. The summed E-state index contributed by atoms with van der Waals surface area (Å²) in [5.74, 6) is 1.65. The van der Waals surface area contributed by atoms with E-state index in [2.05, 4.69) is 0 Å². The summed E-state index contributed by atoms with van der Waals surface area (Å²) in [6.07, 6.45) is 1.98. The molecule has 0 fully saturated rings. The average Bonchev–Trinajstić information content (AvgIpc) is 2.43. The van der Waals surface area contributed by atoms with Gasteiger partial charge in [0.25, 0.3) is 0 Å². The Morgan fingerprint density at radius 3 is 3.20 bits per heavy atom. The predicted molar refractivity (Wildman–Crippen MR) is 59.3 cm³/mol. The fourth-order valence-electron chi connectivity index (χ4n) is 1.88. The predicted octanol–water partition coefficient (Wildman–Crippen LogP) is 2.26. The number of hydrogen-bond acceptors (Lipinski definition) is 3. The van der Waals surface area contributed by atoms with Crippen molar-refractivity contribution in [1.82, 2.24) is 0 Å². The second-order valence-electron chi connectivity index (χ2n) is 3.70. The van der Waals surface area contributed by atoms with Gasteiger partial charge < -0.3 is 15.2 Å². The first-order valence-electron chi connectivity index (χ1n) is 5.47. The molecular weight excluding hydrogens is 190 g/mol. The van der Waals surface area contributed by atoms with E-state index in [-0.39, 0.29) is 6.04 Å². The maximum atomic E-state index is 6.08. The molecule has 2 N–H and O–H groups in total. The summed E-state index contributed by atoms with van der Waals surface area (Å²) in [6, 6.07) is 6.00. The van der Waals surface area contributed by atoms with Crippen molar-refractivity contribution in [1.29, 1.82) is 0 Å². The van der Waals surface area contributed by atoms with Crippen molar-refractivity contribution in [3.8, 4) is 11.5 Å². The Morgan fingerprint density at radius 2 is 2.40 bits per heavy atom. The minimum absolute atomic E-state index is 0.0721. The standard InChI is InChI=1S/C12H17NO2/c1-2-14-11-7-3-5-9-10(13)6-4-8-15-12(9)11/h3,5,7,10H,2,4,6,8,13H2,1H3/t10-/m0/s1. The summed E-state index contributed by atoms with van der Waals surface area (Å²) in [4.78, 5) is 0. The van der Waals surface area contributed by atoms with E-state index in [1.807, 2.05) is 25.1 Å². The molecule has 3 heteroatoms. The Hall–Kier alpha value is -1.22. The Balaban J connectivity index is 2.39. The van der Waals surface area contributed by atoms with Crippen molar-refractivity contribution < 1.29 is 9.47 Å². The van der Waals surface area contributed by atoms with Gasteiger partial charge in [-0.15, -0.1) is 0 Å². The average molecular weight is 207 g/mol. The molecule has 0 amide bonds. The van der Waals surface area contributed by atoms with Gasteiger partial charge in [-0.25, -0.2) is 0 Å². The molecule has 1 atom stereocenters. The molecule has 1 aliphatic rings. The third-order valence-corrected chi connectivity index (χ3v) is 2.61. The van der Waals surface area contributed by atoms with Crippen molar-refractivity contribution in [3.05, 3.63) is 23.8 Å². The molecule has 0 unspecified atom stereocenters. The second kappa shape index (κ2) is 4.53. The molecule has 3 nitrogen and oxygen atoms in total. The van der Waals surface area contributed by atoms with Crippen LogP contribution >= 0.6 is 0 Å². The van der Waals surface area contributed by atoms with Crippen LogP contribution in [0.25, 0.3) is 0 Å². The van der Waals surface area contributed by atoms with Gasteiger partial charge in [0, 0.05) is 11.6 Å². The molecule has 82 valence electrons. The first-order chi connectivity index (χ1) is 7.33. The van der Waals surface area contributed by atoms with Crippen LogP contribution in [0.2, 0.25) is 0 Å². The normalized spacial score (nSPS) is 20.0. The number of para-hydroxylation sites is 1. The zero-order chi connectivity index (χ0) is 10.7. The summed E-state index contributed by atoms with van der Waals surface area (Å²) in [6.45, 7) is 3.34. The number of rotatable bonds is 2. The van der Waals surface area contributed by atoms with E-state index in [1.165, 1.54) is 0 Å². The summed E-state index contributed by atoms with van der Waals surface area (Å²) in [5.41, 5.74) is 7.14. The van der Waals surface area contributed by atoms with Crippen LogP contribution in [0.1, 0.15) is 31.4 Å². The largest absolute Gasteiger partial charge is 0.490 e. The van der Waals surface area contributed by atoms with Crippen LogP contribution in [0.3, 0.4) is 0 Å². The van der Waals surface area contributed by atoms with E-state index >= 15 is 0 Å². The molecule has 1 heterocycles. The minimum atomic E-state index is 0.0721. The lowest BCUT2D eigenvalue weighted by Gasteiger charge is -2.15. The summed E-state index contributed by atoms with van der Waals surface area (Å²) in [5, 5.41) is 0. The van der Waals surface area contributed by atoms with E-state index < -0.39 is 0 Å². The number of hydrogen-bond donors (Lipinski definition) is 1. The van der Waals surface area contributed by atoms with Crippen LogP contribution in [0.4, 0.5) is 0 Å². The third kappa shape index (κ3) is 2.07. The van der Waals surface area contributed by atoms with E-state index in [9.17, 15) is 0 Å². The van der Waals surface area contributed by atoms with Crippen molar-refractivity contribution in [2.45, 2.75) is 25.8 Å². The fourth-order valence-corrected chi connectivity index (χ4v) is 1.88. The second-order valence-corrected chi connectivity index (χ2v) is 3.70. The fraction of sp³-hybridized carbons (Fsp3) is 0.500. The lowest BCUT2D eigenvalue weighted by Crippen LogP contribution is -2.09. The molecule has 2 rings (SSSR count). The van der Waals surface area contributed by atoms with Crippen LogP contribution in [0.15, 0.2) is 18.2 Å². The van der Waals surface area contributed by atoms with Gasteiger partial charge in [-0.2, -0.15) is 0 Å². The summed E-state index contributed by atoms with van der Waals surface area (Å²) < 4.78 is 11.2. The van der Waals surface area contributed by atoms with E-state index in [4.69, 9.17) is 15.2 Å². The van der Waals surface area contributed by atoms with Gasteiger partial charge in [0.1, 0.15) is 0 Å². The quantitative estimate of drug-likeness (QED) is 0.809. The monoisotopic (exact) mass is 207 g/mol. The number of benzene rings is 1. The van der Waals surface area contributed by atoms with E-state index in [0.717, 1.165) is 36.5 Å². The van der Waals surface area contributed by atoms with Gasteiger partial charge in [-0.3, -0.25) is 0 Å². The Kier molecular flexibility index (Phi) is 3.11. The minimum Gasteiger partial charge on any atom is -0.490 e. The first-order valence-corrected chi connectivity index (χ1v) is 5.47. The van der Waals surface area contributed by atoms with Crippen LogP contribution in [-0.2, 0) is 0 Å². The molecule has 0 saturated carbocycles. The molecule has 1 aliphatic heterocycles. The Labute approximate surface area is 90.2 Å². The van der Waals surface area contributed by atoms with Gasteiger partial charge >= 0.3 is 0 Å². The van der Waals surface area contributed by atoms with Crippen molar-refractivity contribution >= 4 is 0 Å². The van der Waals surface area contributed by atoms with Gasteiger partial charge in [-0.05, 0) is 25.8 Å². The van der Waals surface area contributed by atoms with Gasteiger partial charge in [0.2, 0.25) is 0 Å². The third-order valence-electron chi connectivity index (χ3n) is 2.61. The first kappa shape index (κ1) is 10.3. The number of ether oxygens (including phenoxy) is 2. The molecular formula is C12H17NO2. The maximum absolute atomic E-state index is 6.08. The molecule has 0 bridgehead atoms. The molecule has 1 aromatic rings. The van der Waals surface area contributed by atoms with Gasteiger partial charge in [-0.1, -0.05) is 12.1 Å². The lowest BCUT2D eigenvalue weighted by atomic mass is 10.0. The maximum Gasteiger partial charge on any atom is 0.165 e. The van der Waals surface area contributed by atoms with Crippen molar-refractivity contribution in [3.63, 3.8) is 0 Å². The highest BCUT2D eigenvalue weighted by atomic mass is 16.5. The van der Waals surface area contributed by atoms with Crippen LogP contribution in [0, 0.1) is 0 Å². The van der Waals surface area contributed by atoms with Crippen molar-refractivity contribution in [2.75, 3.05) is 13.2 Å². The molecule has 0 radical (unpaired) electrons. The highest BCUT2D eigenvalue weighted by Crippen LogP contribution is 2.37. The van der Waals surface area contributed by atoms with E-state index in [1.54, 1.807) is 0 Å². The molecule has 15 heavy (non-hydrogen) atoms. The Morgan fingerprint density at radius 1 is 1.53 bits per heavy atom. The lowest BCUT2D eigenvalue weighted by molar-refractivity contribution is 0.277. The van der Waals surface area contributed by atoms with Gasteiger partial charge in [0.15, 0.2) is 11.5 Å². The topological polar surface area (TPSA) is 44.5 Å². The molecule has 0 aromatic heterocycles. The zero-order valence-corrected chi connectivity index (χ0v) is 9.03. The smallest absolute Gasteiger partial charge is 0.165 e. The number of nitrogens with two attached hydrogens (primary N) is 1. The SMILES string of the molecule is CCOc1cccc2c1OCCC[C@@H]2N. The highest BCUT2D eigenvalue weighted by molar-refractivity contribution is 5.48. The van der Waals surface area contributed by atoms with Crippen LogP contribution < -0.4 is 15.2 Å². The van der Waals surface area contributed by atoms with Crippen molar-refractivity contribution in [2.24, 2.45) is 5.73 Å². The summed E-state index contributed by atoms with van der Waals surface area (Å²) in [7, 11) is 0. The highest BCUT2D eigenvalue weighted by Gasteiger charge is 2.19.